The second-order valence-electron chi connectivity index (χ2n) is 8.43. The second kappa shape index (κ2) is 9.51. The van der Waals surface area contributed by atoms with Crippen molar-refractivity contribution in [2.45, 2.75) is 60.8 Å². The first-order valence-electron chi connectivity index (χ1n) is 10.4. The van der Waals surface area contributed by atoms with E-state index >= 15 is 0 Å². The van der Waals surface area contributed by atoms with Gasteiger partial charge in [-0.15, -0.1) is 0 Å². The van der Waals surface area contributed by atoms with E-state index in [1.54, 1.807) is 19.9 Å². The Hall–Kier alpha value is -1.88. The van der Waals surface area contributed by atoms with Crippen molar-refractivity contribution in [3.05, 3.63) is 40.6 Å². The molecule has 30 heavy (non-hydrogen) atoms. The highest BCUT2D eigenvalue weighted by Gasteiger charge is 2.26. The zero-order chi connectivity index (χ0) is 22.7. The van der Waals surface area contributed by atoms with Crippen molar-refractivity contribution in [1.82, 2.24) is 4.98 Å². The Morgan fingerprint density at radius 3 is 2.13 bits per heavy atom. The molecule has 0 amide bonds. The third kappa shape index (κ3) is 5.23. The summed E-state index contributed by atoms with van der Waals surface area (Å²) in [5, 5.41) is 13.4. The van der Waals surface area contributed by atoms with Crippen LogP contribution in [0.5, 0.6) is 5.75 Å². The number of nitrogens with one attached hydrogen (secondary N) is 1. The predicted octanol–water partition coefficient (Wildman–Crippen LogP) is 6.31. The van der Waals surface area contributed by atoms with Gasteiger partial charge in [-0.3, -0.25) is 4.57 Å². The molecule has 0 aliphatic heterocycles. The summed E-state index contributed by atoms with van der Waals surface area (Å²) in [6.45, 7) is 16.6. The molecule has 2 N–H and O–H groups in total. The van der Waals surface area contributed by atoms with E-state index in [4.69, 9.17) is 9.05 Å². The van der Waals surface area contributed by atoms with Crippen molar-refractivity contribution in [3.63, 3.8) is 0 Å². The largest absolute Gasteiger partial charge is 0.508 e. The van der Waals surface area contributed by atoms with E-state index in [0.29, 0.717) is 24.8 Å². The number of anilines is 1. The lowest BCUT2D eigenvalue weighted by Gasteiger charge is -2.27. The molecule has 0 aliphatic rings. The third-order valence-electron chi connectivity index (χ3n) is 5.21. The fourth-order valence-corrected chi connectivity index (χ4v) is 5.12. The number of benzene rings is 1. The van der Waals surface area contributed by atoms with Crippen LogP contribution in [0, 0.1) is 20.8 Å². The molecule has 2 aromatic rings. The predicted molar refractivity (Wildman–Crippen MR) is 124 cm³/mol. The minimum absolute atomic E-state index is 0.0624. The molecule has 1 heterocycles. The van der Waals surface area contributed by atoms with Crippen molar-refractivity contribution in [2.75, 3.05) is 24.8 Å². The summed E-state index contributed by atoms with van der Waals surface area (Å²) in [5.74, 6) is 0.954. The molecule has 7 heteroatoms. The normalized spacial score (nSPS) is 12.3. The highest BCUT2D eigenvalue weighted by atomic mass is 31.2. The van der Waals surface area contributed by atoms with Crippen LogP contribution in [0.2, 0.25) is 0 Å². The number of nitrogens with zero attached hydrogens (tertiary/aromatic N) is 1. The van der Waals surface area contributed by atoms with Gasteiger partial charge in [0, 0.05) is 11.8 Å². The summed E-state index contributed by atoms with van der Waals surface area (Å²) in [4.78, 5) is 4.61. The van der Waals surface area contributed by atoms with Crippen LogP contribution in [0.1, 0.15) is 56.9 Å². The van der Waals surface area contributed by atoms with Crippen LogP contribution in [0.15, 0.2) is 18.3 Å². The van der Waals surface area contributed by atoms with Crippen LogP contribution < -0.4 is 5.32 Å². The lowest BCUT2D eigenvalue weighted by Crippen LogP contribution is -2.15. The number of phenolic OH excluding ortho intramolecular Hbond substituents is 1. The number of hydrogen-bond donors (Lipinski definition) is 2. The zero-order valence-electron chi connectivity index (χ0n) is 19.4. The molecule has 0 radical (unpaired) electrons. The van der Waals surface area contributed by atoms with Crippen LogP contribution in [-0.4, -0.2) is 29.6 Å². The number of aromatic nitrogens is 1. The number of aromatic hydroxyl groups is 1. The fourth-order valence-electron chi connectivity index (χ4n) is 3.74. The van der Waals surface area contributed by atoms with Gasteiger partial charge in [0.15, 0.2) is 0 Å². The van der Waals surface area contributed by atoms with Gasteiger partial charge in [-0.2, -0.15) is 0 Å². The van der Waals surface area contributed by atoms with Gasteiger partial charge in [0.2, 0.25) is 0 Å². The molecule has 6 nitrogen and oxygen atoms in total. The average molecular weight is 435 g/mol. The summed E-state index contributed by atoms with van der Waals surface area (Å²) in [6.07, 6.45) is 1.89. The van der Waals surface area contributed by atoms with Crippen molar-refractivity contribution in [1.29, 1.82) is 0 Å². The molecule has 0 aliphatic carbocycles. The van der Waals surface area contributed by atoms with E-state index < -0.39 is 7.60 Å². The molecule has 0 atom stereocenters. The molecule has 0 saturated carbocycles. The van der Waals surface area contributed by atoms with Crippen molar-refractivity contribution >= 4 is 13.4 Å². The van der Waals surface area contributed by atoms with E-state index in [-0.39, 0.29) is 11.7 Å². The quantitative estimate of drug-likeness (QED) is 0.474. The van der Waals surface area contributed by atoms with Crippen molar-refractivity contribution < 1.29 is 18.7 Å². The van der Waals surface area contributed by atoms with Gasteiger partial charge in [0.1, 0.15) is 17.9 Å². The SMILES string of the molecule is CCOP(=O)(CNc1ncc(-c2ccc(O)c(C)c2C(C)(C)C)c(C)c1C)OCC. The zero-order valence-corrected chi connectivity index (χ0v) is 20.3. The van der Waals surface area contributed by atoms with Crippen LogP contribution in [0.3, 0.4) is 0 Å². The number of hydrogen-bond acceptors (Lipinski definition) is 6. The molecular weight excluding hydrogens is 399 g/mol. The summed E-state index contributed by atoms with van der Waals surface area (Å²) >= 11 is 0. The first kappa shape index (κ1) is 24.4. The third-order valence-corrected chi connectivity index (χ3v) is 7.06. The van der Waals surface area contributed by atoms with E-state index in [9.17, 15) is 9.67 Å². The van der Waals surface area contributed by atoms with Crippen LogP contribution in [-0.2, 0) is 19.0 Å². The molecule has 0 fully saturated rings. The maximum Gasteiger partial charge on any atom is 0.349 e. The monoisotopic (exact) mass is 434 g/mol. The smallest absolute Gasteiger partial charge is 0.349 e. The van der Waals surface area contributed by atoms with Crippen LogP contribution in [0.4, 0.5) is 5.82 Å². The van der Waals surface area contributed by atoms with E-state index in [2.05, 4.69) is 38.0 Å². The molecule has 0 unspecified atom stereocenters. The summed E-state index contributed by atoms with van der Waals surface area (Å²) in [5.41, 5.74) is 5.97. The fraction of sp³-hybridized carbons (Fsp3) is 0.522. The number of phenols is 1. The topological polar surface area (TPSA) is 80.7 Å². The molecule has 0 saturated heterocycles. The molecule has 1 aromatic carbocycles. The van der Waals surface area contributed by atoms with Gasteiger partial charge in [-0.25, -0.2) is 4.98 Å². The van der Waals surface area contributed by atoms with Crippen LogP contribution >= 0.6 is 7.60 Å². The lowest BCUT2D eigenvalue weighted by atomic mass is 9.78. The lowest BCUT2D eigenvalue weighted by molar-refractivity contribution is 0.221. The minimum atomic E-state index is -3.21. The molecule has 1 aromatic heterocycles. The average Bonchev–Trinajstić information content (AvgIpc) is 2.64. The first-order valence-corrected chi connectivity index (χ1v) is 12.1. The van der Waals surface area contributed by atoms with Crippen molar-refractivity contribution in [3.8, 4) is 16.9 Å². The van der Waals surface area contributed by atoms with Crippen LogP contribution in [0.25, 0.3) is 11.1 Å². The maximum absolute atomic E-state index is 12.7. The Morgan fingerprint density at radius 1 is 1.00 bits per heavy atom. The van der Waals surface area contributed by atoms with Gasteiger partial charge < -0.3 is 19.5 Å². The molecule has 2 rings (SSSR count). The Labute approximate surface area is 180 Å². The Balaban J connectivity index is 2.46. The summed E-state index contributed by atoms with van der Waals surface area (Å²) < 4.78 is 23.4. The van der Waals surface area contributed by atoms with Gasteiger partial charge in [0.05, 0.1) is 13.2 Å². The van der Waals surface area contributed by atoms with E-state index in [1.807, 2.05) is 26.1 Å². The van der Waals surface area contributed by atoms with E-state index in [1.165, 1.54) is 0 Å². The minimum Gasteiger partial charge on any atom is -0.508 e. The summed E-state index contributed by atoms with van der Waals surface area (Å²) in [6, 6.07) is 3.69. The van der Waals surface area contributed by atoms with E-state index in [0.717, 1.165) is 33.4 Å². The highest BCUT2D eigenvalue weighted by molar-refractivity contribution is 7.53. The Bertz CT molecular complexity index is 941. The van der Waals surface area contributed by atoms with Gasteiger partial charge in [0.25, 0.3) is 0 Å². The van der Waals surface area contributed by atoms with Gasteiger partial charge in [-0.1, -0.05) is 26.8 Å². The number of pyridine rings is 1. The standard InChI is InChI=1S/C23H35N2O4P/c1-9-28-30(27,29-10-2)14-25-22-16(4)15(3)19(13-24-22)18-11-12-20(26)17(5)21(18)23(6,7)8/h11-13,26H,9-10,14H2,1-8H3,(H,24,25). The molecule has 0 spiro atoms. The molecule has 166 valence electrons. The Morgan fingerprint density at radius 2 is 1.60 bits per heavy atom. The molecular formula is C23H35N2O4P. The molecule has 0 bridgehead atoms. The van der Waals surface area contributed by atoms with Gasteiger partial charge >= 0.3 is 7.60 Å². The Kier molecular flexibility index (Phi) is 7.73. The van der Waals surface area contributed by atoms with Gasteiger partial charge in [-0.05, 0) is 73.9 Å². The maximum atomic E-state index is 12.7. The first-order chi connectivity index (χ1) is 13.9. The second-order valence-corrected chi connectivity index (χ2v) is 10.5. The van der Waals surface area contributed by atoms with Crippen molar-refractivity contribution in [2.24, 2.45) is 0 Å². The summed E-state index contributed by atoms with van der Waals surface area (Å²) in [7, 11) is -3.21. The highest BCUT2D eigenvalue weighted by Crippen LogP contribution is 2.48. The number of rotatable bonds is 8.